The standard InChI is InChI=1S/C14H9BrF2N2O2/c15-7-4-8(16)12(9(17)5-7)13(18)6-1-2-10-11(3-6)21-14(20)19-10/h1-5,13H,18H2,(H,19,20). The molecule has 1 heterocycles. The molecule has 1 aromatic heterocycles. The van der Waals surface area contributed by atoms with Gasteiger partial charge in [-0.15, -0.1) is 0 Å². The molecule has 2 aromatic carbocycles. The van der Waals surface area contributed by atoms with Crippen LogP contribution < -0.4 is 11.5 Å². The summed E-state index contributed by atoms with van der Waals surface area (Å²) in [5.74, 6) is -2.09. The molecule has 3 N–H and O–H groups in total. The molecule has 3 rings (SSSR count). The summed E-state index contributed by atoms with van der Waals surface area (Å²) in [4.78, 5) is 13.6. The molecule has 0 aliphatic rings. The van der Waals surface area contributed by atoms with Crippen molar-refractivity contribution < 1.29 is 13.2 Å². The Morgan fingerprint density at radius 1 is 1.19 bits per heavy atom. The Kier molecular flexibility index (Phi) is 3.38. The first-order valence-electron chi connectivity index (χ1n) is 5.98. The minimum atomic E-state index is -1.01. The highest BCUT2D eigenvalue weighted by molar-refractivity contribution is 9.10. The molecule has 3 aromatic rings. The van der Waals surface area contributed by atoms with Gasteiger partial charge in [0.2, 0.25) is 0 Å². The van der Waals surface area contributed by atoms with Gasteiger partial charge in [-0.2, -0.15) is 0 Å². The van der Waals surface area contributed by atoms with Crippen molar-refractivity contribution in [2.75, 3.05) is 0 Å². The van der Waals surface area contributed by atoms with Gasteiger partial charge < -0.3 is 10.2 Å². The van der Waals surface area contributed by atoms with Crippen LogP contribution in [0.5, 0.6) is 0 Å². The predicted molar refractivity (Wildman–Crippen MR) is 76.9 cm³/mol. The Labute approximate surface area is 125 Å². The summed E-state index contributed by atoms with van der Waals surface area (Å²) in [7, 11) is 0. The van der Waals surface area contributed by atoms with Gasteiger partial charge in [-0.05, 0) is 29.8 Å². The van der Waals surface area contributed by atoms with Gasteiger partial charge in [-0.25, -0.2) is 13.6 Å². The number of hydrogen-bond donors (Lipinski definition) is 2. The molecule has 0 fully saturated rings. The van der Waals surface area contributed by atoms with Crippen LogP contribution in [0.1, 0.15) is 17.2 Å². The zero-order chi connectivity index (χ0) is 15.1. The molecule has 0 saturated carbocycles. The average Bonchev–Trinajstić information content (AvgIpc) is 2.76. The van der Waals surface area contributed by atoms with Crippen LogP contribution in [0.25, 0.3) is 11.1 Å². The van der Waals surface area contributed by atoms with Crippen LogP contribution in [-0.2, 0) is 0 Å². The number of halogens is 3. The van der Waals surface area contributed by atoms with Crippen molar-refractivity contribution in [3.63, 3.8) is 0 Å². The zero-order valence-electron chi connectivity index (χ0n) is 10.5. The minimum Gasteiger partial charge on any atom is -0.408 e. The van der Waals surface area contributed by atoms with Crippen LogP contribution in [0.15, 0.2) is 44.0 Å². The lowest BCUT2D eigenvalue weighted by atomic mass is 9.98. The molecule has 0 aliphatic carbocycles. The molecule has 7 heteroatoms. The molecule has 0 spiro atoms. The lowest BCUT2D eigenvalue weighted by molar-refractivity contribution is 0.540. The second-order valence-electron chi connectivity index (χ2n) is 4.53. The van der Waals surface area contributed by atoms with E-state index in [2.05, 4.69) is 20.9 Å². The van der Waals surface area contributed by atoms with E-state index in [-0.39, 0.29) is 11.1 Å². The molecule has 0 bridgehead atoms. The number of nitrogens with one attached hydrogen (secondary N) is 1. The Balaban J connectivity index is 2.11. The molecule has 0 radical (unpaired) electrons. The fourth-order valence-electron chi connectivity index (χ4n) is 2.17. The van der Waals surface area contributed by atoms with E-state index >= 15 is 0 Å². The molecular weight excluding hydrogens is 346 g/mol. The van der Waals surface area contributed by atoms with Crippen molar-refractivity contribution in [3.05, 3.63) is 68.1 Å². The lowest BCUT2D eigenvalue weighted by Crippen LogP contribution is -2.15. The minimum absolute atomic E-state index is 0.240. The maximum atomic E-state index is 13.9. The van der Waals surface area contributed by atoms with E-state index in [0.29, 0.717) is 15.6 Å². The van der Waals surface area contributed by atoms with E-state index in [4.69, 9.17) is 10.2 Å². The second kappa shape index (κ2) is 5.09. The number of aromatic nitrogens is 1. The van der Waals surface area contributed by atoms with Gasteiger partial charge in [0.05, 0.1) is 11.6 Å². The Morgan fingerprint density at radius 3 is 2.52 bits per heavy atom. The first-order valence-corrected chi connectivity index (χ1v) is 6.78. The number of hydrogen-bond acceptors (Lipinski definition) is 3. The summed E-state index contributed by atoms with van der Waals surface area (Å²) in [6.45, 7) is 0. The number of oxazole rings is 1. The van der Waals surface area contributed by atoms with Gasteiger partial charge in [-0.1, -0.05) is 22.0 Å². The number of H-pyrrole nitrogens is 1. The Hall–Kier alpha value is -1.99. The first-order chi connectivity index (χ1) is 9.95. The van der Waals surface area contributed by atoms with Crippen LogP contribution >= 0.6 is 15.9 Å². The number of fused-ring (bicyclic) bond motifs is 1. The van der Waals surface area contributed by atoms with Crippen LogP contribution in [0.2, 0.25) is 0 Å². The van der Waals surface area contributed by atoms with E-state index in [1.807, 2.05) is 0 Å². The fourth-order valence-corrected chi connectivity index (χ4v) is 2.57. The van der Waals surface area contributed by atoms with Crippen molar-refractivity contribution in [1.29, 1.82) is 0 Å². The number of nitrogens with two attached hydrogens (primary N) is 1. The van der Waals surface area contributed by atoms with Crippen molar-refractivity contribution in [3.8, 4) is 0 Å². The summed E-state index contributed by atoms with van der Waals surface area (Å²) >= 11 is 3.01. The summed E-state index contributed by atoms with van der Waals surface area (Å²) in [5.41, 5.74) is 6.91. The Morgan fingerprint density at radius 2 is 1.86 bits per heavy atom. The van der Waals surface area contributed by atoms with Gasteiger partial charge >= 0.3 is 5.76 Å². The summed E-state index contributed by atoms with van der Waals surface area (Å²) in [5, 5.41) is 0. The lowest BCUT2D eigenvalue weighted by Gasteiger charge is -2.14. The number of rotatable bonds is 2. The summed E-state index contributed by atoms with van der Waals surface area (Å²) < 4.78 is 33.1. The van der Waals surface area contributed by atoms with Crippen LogP contribution in [0.4, 0.5) is 8.78 Å². The smallest absolute Gasteiger partial charge is 0.408 e. The highest BCUT2D eigenvalue weighted by atomic mass is 79.9. The fraction of sp³-hybridized carbons (Fsp3) is 0.0714. The molecule has 4 nitrogen and oxygen atoms in total. The highest BCUT2D eigenvalue weighted by Crippen LogP contribution is 2.29. The topological polar surface area (TPSA) is 72.0 Å². The molecule has 108 valence electrons. The molecule has 0 amide bonds. The van der Waals surface area contributed by atoms with Crippen LogP contribution in [-0.4, -0.2) is 4.98 Å². The van der Waals surface area contributed by atoms with Crippen molar-refractivity contribution in [1.82, 2.24) is 4.98 Å². The third-order valence-electron chi connectivity index (χ3n) is 3.16. The van der Waals surface area contributed by atoms with Crippen molar-refractivity contribution in [2.45, 2.75) is 6.04 Å². The molecule has 1 unspecified atom stereocenters. The molecule has 21 heavy (non-hydrogen) atoms. The maximum Gasteiger partial charge on any atom is 0.417 e. The zero-order valence-corrected chi connectivity index (χ0v) is 12.1. The Bertz CT molecular complexity index is 865. The van der Waals surface area contributed by atoms with E-state index in [1.54, 1.807) is 12.1 Å². The van der Waals surface area contributed by atoms with Gasteiger partial charge in [0.25, 0.3) is 0 Å². The normalized spacial score (nSPS) is 12.8. The molecule has 0 saturated heterocycles. The second-order valence-corrected chi connectivity index (χ2v) is 5.45. The third kappa shape index (κ3) is 2.50. The first kappa shape index (κ1) is 14.0. The summed E-state index contributed by atoms with van der Waals surface area (Å²) in [6, 6.07) is 5.92. The predicted octanol–water partition coefficient (Wildman–Crippen LogP) is 3.21. The quantitative estimate of drug-likeness (QED) is 0.742. The van der Waals surface area contributed by atoms with Crippen molar-refractivity contribution >= 4 is 27.0 Å². The van der Waals surface area contributed by atoms with Gasteiger partial charge in [0.1, 0.15) is 11.6 Å². The van der Waals surface area contributed by atoms with E-state index in [1.165, 1.54) is 6.07 Å². The average molecular weight is 355 g/mol. The van der Waals surface area contributed by atoms with E-state index < -0.39 is 23.4 Å². The molecule has 0 aliphatic heterocycles. The van der Waals surface area contributed by atoms with E-state index in [9.17, 15) is 13.6 Å². The van der Waals surface area contributed by atoms with Crippen LogP contribution in [0.3, 0.4) is 0 Å². The summed E-state index contributed by atoms with van der Waals surface area (Å²) in [6.07, 6.45) is 0. The molecular formula is C14H9BrF2N2O2. The van der Waals surface area contributed by atoms with Crippen molar-refractivity contribution in [2.24, 2.45) is 5.73 Å². The monoisotopic (exact) mass is 354 g/mol. The molecule has 1 atom stereocenters. The maximum absolute atomic E-state index is 13.9. The number of aromatic amines is 1. The van der Waals surface area contributed by atoms with Gasteiger partial charge in [-0.3, -0.25) is 4.98 Å². The third-order valence-corrected chi connectivity index (χ3v) is 3.62. The van der Waals surface area contributed by atoms with Gasteiger partial charge in [0, 0.05) is 10.0 Å². The SMILES string of the molecule is NC(c1ccc2[nH]c(=O)oc2c1)c1c(F)cc(Br)cc1F. The van der Waals surface area contributed by atoms with Gasteiger partial charge in [0.15, 0.2) is 5.58 Å². The van der Waals surface area contributed by atoms with E-state index in [0.717, 1.165) is 12.1 Å². The highest BCUT2D eigenvalue weighted by Gasteiger charge is 2.20. The van der Waals surface area contributed by atoms with Crippen LogP contribution in [0, 0.1) is 11.6 Å². The number of benzene rings is 2. The largest absolute Gasteiger partial charge is 0.417 e.